The number of hydrogen-bond acceptors (Lipinski definition) is 8. The molecule has 0 bridgehead atoms. The van der Waals surface area contributed by atoms with Gasteiger partial charge in [-0.05, 0) is 31.1 Å². The minimum atomic E-state index is -0.144. The first-order valence-corrected chi connectivity index (χ1v) is 12.7. The van der Waals surface area contributed by atoms with Crippen molar-refractivity contribution in [3.05, 3.63) is 51.5 Å². The minimum Gasteiger partial charge on any atom is -0.476 e. The van der Waals surface area contributed by atoms with Crippen LogP contribution in [-0.2, 0) is 11.8 Å². The van der Waals surface area contributed by atoms with Crippen molar-refractivity contribution in [1.82, 2.24) is 24.4 Å². The largest absolute Gasteiger partial charge is 0.476 e. The molecule has 3 aromatic heterocycles. The lowest BCUT2D eigenvalue weighted by Crippen LogP contribution is -2.38. The number of nitrogens with zero attached hydrogens (tertiary/aromatic N) is 5. The van der Waals surface area contributed by atoms with Crippen molar-refractivity contribution in [2.75, 3.05) is 44.8 Å². The summed E-state index contributed by atoms with van der Waals surface area (Å²) in [4.78, 5) is 28.5. The Bertz CT molecular complexity index is 1230. The summed E-state index contributed by atoms with van der Waals surface area (Å²) in [6.45, 7) is 12.6. The molecule has 1 fully saturated rings. The van der Waals surface area contributed by atoms with E-state index in [2.05, 4.69) is 25.2 Å². The van der Waals surface area contributed by atoms with Gasteiger partial charge in [0.2, 0.25) is 11.8 Å². The molecule has 0 aliphatic carbocycles. The summed E-state index contributed by atoms with van der Waals surface area (Å²) in [6.07, 6.45) is 4.03. The van der Waals surface area contributed by atoms with Crippen LogP contribution in [0, 0.1) is 0 Å². The zero-order chi connectivity index (χ0) is 26.1. The maximum Gasteiger partial charge on any atom is 0.259 e. The third kappa shape index (κ3) is 6.81. The Morgan fingerprint density at radius 2 is 1.94 bits per heavy atom. The number of aryl methyl sites for hydroxylation is 1. The van der Waals surface area contributed by atoms with E-state index >= 15 is 0 Å². The van der Waals surface area contributed by atoms with Crippen LogP contribution in [0.1, 0.15) is 39.7 Å². The van der Waals surface area contributed by atoms with Crippen LogP contribution in [0.4, 0.5) is 11.6 Å². The van der Waals surface area contributed by atoms with Crippen molar-refractivity contribution in [2.45, 2.75) is 34.1 Å². The van der Waals surface area contributed by atoms with E-state index in [0.29, 0.717) is 41.1 Å². The van der Waals surface area contributed by atoms with Crippen LogP contribution in [0.5, 0.6) is 5.88 Å². The number of halogens is 1. The Morgan fingerprint density at radius 3 is 2.58 bits per heavy atom. The van der Waals surface area contributed by atoms with E-state index < -0.39 is 0 Å². The monoisotopic (exact) mass is 514 g/mol. The van der Waals surface area contributed by atoms with Crippen molar-refractivity contribution < 1.29 is 9.47 Å². The molecular formula is C26H35ClN6O3. The second kappa shape index (κ2) is 13.3. The zero-order valence-corrected chi connectivity index (χ0v) is 22.4. The molecule has 0 saturated carbocycles. The SMILES string of the molecule is CC.CC/C(=C(\C)Cl)c1cc2cnc(Nc3ccc(OCCN4CCOCC4)nc3)nc2n(C)c1=O. The van der Waals surface area contributed by atoms with Crippen LogP contribution in [-0.4, -0.2) is 63.9 Å². The summed E-state index contributed by atoms with van der Waals surface area (Å²) < 4.78 is 12.6. The standard InChI is InChI=1S/C24H29ClN6O3.C2H6/c1-4-19(16(2)25)20-13-17-14-27-24(29-22(17)30(3)23(20)32)28-18-5-6-21(26-15-18)34-12-9-31-7-10-33-11-8-31;1-2/h5-6,13-15H,4,7-12H2,1-3H3,(H,27,28,29);1-2H3/b19-16-;. The predicted octanol–water partition coefficient (Wildman–Crippen LogP) is 4.58. The number of aromatic nitrogens is 4. The fourth-order valence-corrected chi connectivity index (χ4v) is 4.15. The van der Waals surface area contributed by atoms with Crippen LogP contribution in [0.3, 0.4) is 0 Å². The summed E-state index contributed by atoms with van der Waals surface area (Å²) in [6, 6.07) is 5.46. The molecule has 10 heteroatoms. The van der Waals surface area contributed by atoms with E-state index in [9.17, 15) is 4.79 Å². The van der Waals surface area contributed by atoms with E-state index in [1.165, 1.54) is 4.57 Å². The van der Waals surface area contributed by atoms with Crippen LogP contribution in [0.25, 0.3) is 16.6 Å². The number of allylic oxidation sites excluding steroid dienone is 2. The Balaban J connectivity index is 0.00000176. The number of pyridine rings is 2. The van der Waals surface area contributed by atoms with Gasteiger partial charge in [0, 0.05) is 54.9 Å². The predicted molar refractivity (Wildman–Crippen MR) is 145 cm³/mol. The van der Waals surface area contributed by atoms with Crippen molar-refractivity contribution >= 4 is 39.8 Å². The molecule has 0 spiro atoms. The van der Waals surface area contributed by atoms with Gasteiger partial charge in [0.05, 0.1) is 25.1 Å². The molecular weight excluding hydrogens is 480 g/mol. The molecule has 0 aromatic carbocycles. The molecule has 3 aromatic rings. The minimum absolute atomic E-state index is 0.144. The van der Waals surface area contributed by atoms with E-state index in [1.807, 2.05) is 26.8 Å². The van der Waals surface area contributed by atoms with Crippen molar-refractivity contribution in [3.8, 4) is 5.88 Å². The molecule has 4 rings (SSSR count). The Morgan fingerprint density at radius 1 is 1.19 bits per heavy atom. The summed E-state index contributed by atoms with van der Waals surface area (Å²) in [5.74, 6) is 0.931. The number of fused-ring (bicyclic) bond motifs is 1. The van der Waals surface area contributed by atoms with Gasteiger partial charge in [0.15, 0.2) is 0 Å². The molecule has 0 amide bonds. The lowest BCUT2D eigenvalue weighted by Gasteiger charge is -2.26. The van der Waals surface area contributed by atoms with E-state index in [1.54, 1.807) is 38.5 Å². The average Bonchev–Trinajstić information content (AvgIpc) is 2.90. The normalized spacial score (nSPS) is 14.6. The molecule has 1 saturated heterocycles. The molecule has 1 aliphatic heterocycles. The average molecular weight is 515 g/mol. The van der Waals surface area contributed by atoms with Gasteiger partial charge >= 0.3 is 0 Å². The fourth-order valence-electron chi connectivity index (χ4n) is 3.92. The third-order valence-electron chi connectivity index (χ3n) is 5.80. The molecule has 4 heterocycles. The number of rotatable bonds is 8. The topological polar surface area (TPSA) is 94.4 Å². The molecule has 0 unspecified atom stereocenters. The van der Waals surface area contributed by atoms with Gasteiger partial charge in [-0.15, -0.1) is 0 Å². The summed E-state index contributed by atoms with van der Waals surface area (Å²) in [7, 11) is 1.70. The number of hydrogen-bond donors (Lipinski definition) is 1. The van der Waals surface area contributed by atoms with Crippen molar-refractivity contribution in [2.24, 2.45) is 7.05 Å². The number of morpholine rings is 1. The van der Waals surface area contributed by atoms with Crippen LogP contribution in [0.15, 0.2) is 40.4 Å². The van der Waals surface area contributed by atoms with Gasteiger partial charge in [0.1, 0.15) is 12.3 Å². The molecule has 36 heavy (non-hydrogen) atoms. The highest BCUT2D eigenvalue weighted by Gasteiger charge is 2.14. The number of ether oxygens (including phenoxy) is 2. The zero-order valence-electron chi connectivity index (χ0n) is 21.7. The summed E-state index contributed by atoms with van der Waals surface area (Å²) in [5.41, 5.74) is 2.50. The highest BCUT2D eigenvalue weighted by Crippen LogP contribution is 2.24. The smallest absolute Gasteiger partial charge is 0.259 e. The molecule has 1 aliphatic rings. The first-order valence-electron chi connectivity index (χ1n) is 12.3. The Kier molecular flexibility index (Phi) is 10.2. The fraction of sp³-hybridized carbons (Fsp3) is 0.462. The molecule has 1 N–H and O–H groups in total. The van der Waals surface area contributed by atoms with E-state index in [-0.39, 0.29) is 5.56 Å². The van der Waals surface area contributed by atoms with Gasteiger partial charge in [0.25, 0.3) is 5.56 Å². The highest BCUT2D eigenvalue weighted by atomic mass is 35.5. The second-order valence-electron chi connectivity index (χ2n) is 8.07. The van der Waals surface area contributed by atoms with Gasteiger partial charge in [-0.25, -0.2) is 9.97 Å². The second-order valence-corrected chi connectivity index (χ2v) is 8.64. The lowest BCUT2D eigenvalue weighted by atomic mass is 10.0. The Labute approximate surface area is 217 Å². The van der Waals surface area contributed by atoms with Gasteiger partial charge in [-0.3, -0.25) is 14.3 Å². The van der Waals surface area contributed by atoms with Crippen LogP contribution in [0.2, 0.25) is 0 Å². The van der Waals surface area contributed by atoms with Crippen LogP contribution < -0.4 is 15.6 Å². The number of nitrogens with one attached hydrogen (secondary N) is 1. The lowest BCUT2D eigenvalue weighted by molar-refractivity contribution is 0.0320. The first-order chi connectivity index (χ1) is 17.5. The molecule has 0 radical (unpaired) electrons. The van der Waals surface area contributed by atoms with Crippen molar-refractivity contribution in [3.63, 3.8) is 0 Å². The molecule has 0 atom stereocenters. The maximum absolute atomic E-state index is 12.9. The van der Waals surface area contributed by atoms with Gasteiger partial charge in [-0.2, -0.15) is 4.98 Å². The van der Waals surface area contributed by atoms with E-state index in [4.69, 9.17) is 21.1 Å². The Hall–Kier alpha value is -3.01. The van der Waals surface area contributed by atoms with Crippen molar-refractivity contribution in [1.29, 1.82) is 0 Å². The quantitative estimate of drug-likeness (QED) is 0.466. The van der Waals surface area contributed by atoms with Gasteiger partial charge in [-0.1, -0.05) is 32.4 Å². The first kappa shape index (κ1) is 27.6. The highest BCUT2D eigenvalue weighted by molar-refractivity contribution is 6.32. The van der Waals surface area contributed by atoms with E-state index in [0.717, 1.165) is 49.5 Å². The maximum atomic E-state index is 12.9. The summed E-state index contributed by atoms with van der Waals surface area (Å²) >= 11 is 6.21. The number of anilines is 2. The third-order valence-corrected chi connectivity index (χ3v) is 6.02. The summed E-state index contributed by atoms with van der Waals surface area (Å²) in [5, 5.41) is 4.50. The van der Waals surface area contributed by atoms with Gasteiger partial charge < -0.3 is 14.8 Å². The van der Waals surface area contributed by atoms with Crippen LogP contribution >= 0.6 is 11.6 Å². The molecule has 9 nitrogen and oxygen atoms in total. The molecule has 194 valence electrons.